The number of likely N-dealkylation sites (N-methyl/N-ethyl adjacent to an activating group) is 1. The second-order valence-corrected chi connectivity index (χ2v) is 5.17. The Morgan fingerprint density at radius 2 is 2.11 bits per heavy atom. The van der Waals surface area contributed by atoms with Gasteiger partial charge in [0, 0.05) is 25.2 Å². The van der Waals surface area contributed by atoms with Gasteiger partial charge < -0.3 is 10.1 Å². The molecule has 0 aromatic heterocycles. The molecule has 1 aliphatic heterocycles. The van der Waals surface area contributed by atoms with Gasteiger partial charge in [0.1, 0.15) is 5.75 Å². The molecule has 100 valence electrons. The van der Waals surface area contributed by atoms with E-state index in [1.165, 1.54) is 25.1 Å². The molecule has 0 radical (unpaired) electrons. The minimum Gasteiger partial charge on any atom is -0.497 e. The van der Waals surface area contributed by atoms with Crippen LogP contribution in [0.3, 0.4) is 0 Å². The van der Waals surface area contributed by atoms with Gasteiger partial charge in [-0.2, -0.15) is 0 Å². The van der Waals surface area contributed by atoms with Crippen molar-refractivity contribution < 1.29 is 4.74 Å². The van der Waals surface area contributed by atoms with Gasteiger partial charge in [0.25, 0.3) is 0 Å². The van der Waals surface area contributed by atoms with Crippen LogP contribution >= 0.6 is 0 Å². The Bertz CT molecular complexity index is 363. The number of hydrogen-bond donors (Lipinski definition) is 1. The fourth-order valence-corrected chi connectivity index (χ4v) is 2.66. The van der Waals surface area contributed by atoms with Gasteiger partial charge in [-0.1, -0.05) is 12.1 Å². The van der Waals surface area contributed by atoms with Crippen LogP contribution in [0.2, 0.25) is 0 Å². The van der Waals surface area contributed by atoms with Crippen LogP contribution in [0.1, 0.15) is 18.9 Å². The molecule has 3 heteroatoms. The van der Waals surface area contributed by atoms with Crippen LogP contribution in [-0.2, 0) is 6.42 Å². The molecule has 0 amide bonds. The second-order valence-electron chi connectivity index (χ2n) is 5.17. The Labute approximate surface area is 110 Å². The highest BCUT2D eigenvalue weighted by atomic mass is 16.5. The summed E-state index contributed by atoms with van der Waals surface area (Å²) in [6, 6.07) is 9.70. The number of hydrogen-bond acceptors (Lipinski definition) is 3. The highest BCUT2D eigenvalue weighted by Gasteiger charge is 2.24. The third-order valence-electron chi connectivity index (χ3n) is 3.94. The first kappa shape index (κ1) is 13.4. The van der Waals surface area contributed by atoms with Gasteiger partial charge in [-0.25, -0.2) is 0 Å². The quantitative estimate of drug-likeness (QED) is 0.861. The summed E-state index contributed by atoms with van der Waals surface area (Å²) in [7, 11) is 3.77. The molecule has 18 heavy (non-hydrogen) atoms. The second kappa shape index (κ2) is 6.21. The molecule has 1 N–H and O–H groups in total. The van der Waals surface area contributed by atoms with Gasteiger partial charge >= 0.3 is 0 Å². The maximum Gasteiger partial charge on any atom is 0.118 e. The van der Waals surface area contributed by atoms with Crippen LogP contribution in [0.5, 0.6) is 5.75 Å². The van der Waals surface area contributed by atoms with E-state index < -0.39 is 0 Å². The van der Waals surface area contributed by atoms with Crippen molar-refractivity contribution in [2.45, 2.75) is 31.8 Å². The Hall–Kier alpha value is -1.06. The Kier molecular flexibility index (Phi) is 4.61. The third-order valence-corrected chi connectivity index (χ3v) is 3.94. The predicted molar refractivity (Wildman–Crippen MR) is 75.2 cm³/mol. The van der Waals surface area contributed by atoms with Crippen molar-refractivity contribution in [2.75, 3.05) is 27.2 Å². The van der Waals surface area contributed by atoms with Crippen molar-refractivity contribution in [1.29, 1.82) is 0 Å². The molecule has 2 atom stereocenters. The van der Waals surface area contributed by atoms with Gasteiger partial charge in [-0.3, -0.25) is 4.90 Å². The summed E-state index contributed by atoms with van der Waals surface area (Å²) in [6.45, 7) is 4.71. The summed E-state index contributed by atoms with van der Waals surface area (Å²) in [4.78, 5) is 2.57. The Morgan fingerprint density at radius 3 is 2.67 bits per heavy atom. The Balaban J connectivity index is 1.88. The lowest BCUT2D eigenvalue weighted by atomic mass is 10.1. The molecule has 1 aromatic carbocycles. The van der Waals surface area contributed by atoms with E-state index >= 15 is 0 Å². The van der Waals surface area contributed by atoms with Crippen LogP contribution < -0.4 is 10.1 Å². The van der Waals surface area contributed by atoms with E-state index in [0.29, 0.717) is 12.1 Å². The topological polar surface area (TPSA) is 24.5 Å². The van der Waals surface area contributed by atoms with Gasteiger partial charge in [-0.15, -0.1) is 0 Å². The van der Waals surface area contributed by atoms with E-state index in [4.69, 9.17) is 4.74 Å². The molecular formula is C15H24N2O. The lowest BCUT2D eigenvalue weighted by Crippen LogP contribution is -2.36. The first-order valence-corrected chi connectivity index (χ1v) is 6.77. The molecule has 2 unspecified atom stereocenters. The molecule has 3 nitrogen and oxygen atoms in total. The largest absolute Gasteiger partial charge is 0.497 e. The smallest absolute Gasteiger partial charge is 0.118 e. The van der Waals surface area contributed by atoms with Crippen LogP contribution in [0, 0.1) is 0 Å². The molecule has 2 rings (SSSR count). The summed E-state index contributed by atoms with van der Waals surface area (Å²) < 4.78 is 5.18. The minimum atomic E-state index is 0.608. The summed E-state index contributed by atoms with van der Waals surface area (Å²) >= 11 is 0. The number of nitrogens with zero attached hydrogens (tertiary/aromatic N) is 1. The number of benzene rings is 1. The minimum absolute atomic E-state index is 0.608. The normalized spacial score (nSPS) is 22.1. The molecule has 0 spiro atoms. The van der Waals surface area contributed by atoms with Crippen LogP contribution in [0.4, 0.5) is 0 Å². The number of ether oxygens (including phenoxy) is 1. The lowest BCUT2D eigenvalue weighted by molar-refractivity contribution is 0.252. The molecule has 0 saturated carbocycles. The van der Waals surface area contributed by atoms with Crippen LogP contribution in [-0.4, -0.2) is 44.2 Å². The van der Waals surface area contributed by atoms with Crippen LogP contribution in [0.15, 0.2) is 24.3 Å². The zero-order chi connectivity index (χ0) is 13.0. The predicted octanol–water partition coefficient (Wildman–Crippen LogP) is 1.92. The Morgan fingerprint density at radius 1 is 1.39 bits per heavy atom. The maximum absolute atomic E-state index is 5.18. The third kappa shape index (κ3) is 3.24. The first-order valence-electron chi connectivity index (χ1n) is 6.77. The monoisotopic (exact) mass is 248 g/mol. The van der Waals surface area contributed by atoms with Crippen molar-refractivity contribution in [2.24, 2.45) is 0 Å². The van der Waals surface area contributed by atoms with Crippen LogP contribution in [0.25, 0.3) is 0 Å². The highest BCUT2D eigenvalue weighted by molar-refractivity contribution is 5.27. The first-order chi connectivity index (χ1) is 8.72. The fourth-order valence-electron chi connectivity index (χ4n) is 2.66. The van der Waals surface area contributed by atoms with E-state index in [2.05, 4.69) is 36.3 Å². The van der Waals surface area contributed by atoms with E-state index in [1.807, 2.05) is 12.1 Å². The molecule has 1 fully saturated rings. The molecule has 1 aliphatic rings. The zero-order valence-corrected chi connectivity index (χ0v) is 11.6. The van der Waals surface area contributed by atoms with Crippen molar-refractivity contribution in [3.8, 4) is 5.75 Å². The molecule has 0 aliphatic carbocycles. The number of nitrogens with one attached hydrogen (secondary N) is 1. The number of rotatable bonds is 5. The molecular weight excluding hydrogens is 224 g/mol. The summed E-state index contributed by atoms with van der Waals surface area (Å²) in [5, 5.41) is 3.37. The van der Waals surface area contributed by atoms with E-state index in [0.717, 1.165) is 12.2 Å². The average molecular weight is 248 g/mol. The number of likely N-dealkylation sites (tertiary alicyclic amines) is 1. The highest BCUT2D eigenvalue weighted by Crippen LogP contribution is 2.17. The van der Waals surface area contributed by atoms with Crippen molar-refractivity contribution in [3.05, 3.63) is 29.8 Å². The summed E-state index contributed by atoms with van der Waals surface area (Å²) in [5.41, 5.74) is 1.39. The van der Waals surface area contributed by atoms with E-state index in [-0.39, 0.29) is 0 Å². The van der Waals surface area contributed by atoms with Gasteiger partial charge in [0.2, 0.25) is 0 Å². The van der Waals surface area contributed by atoms with Gasteiger partial charge in [-0.05, 0) is 44.5 Å². The van der Waals surface area contributed by atoms with Crippen molar-refractivity contribution in [1.82, 2.24) is 10.2 Å². The standard InChI is InChI=1S/C15H24N2O/c1-12(17-9-8-14(11-17)16-2)10-13-4-6-15(18-3)7-5-13/h4-7,12,14,16H,8-11H2,1-3H3. The van der Waals surface area contributed by atoms with Gasteiger partial charge in [0.15, 0.2) is 0 Å². The maximum atomic E-state index is 5.18. The lowest BCUT2D eigenvalue weighted by Gasteiger charge is -2.24. The van der Waals surface area contributed by atoms with E-state index in [1.54, 1.807) is 7.11 Å². The number of methoxy groups -OCH3 is 1. The zero-order valence-electron chi connectivity index (χ0n) is 11.6. The van der Waals surface area contributed by atoms with Crippen molar-refractivity contribution >= 4 is 0 Å². The molecule has 0 bridgehead atoms. The van der Waals surface area contributed by atoms with E-state index in [9.17, 15) is 0 Å². The van der Waals surface area contributed by atoms with Gasteiger partial charge in [0.05, 0.1) is 7.11 Å². The molecule has 1 aromatic rings. The van der Waals surface area contributed by atoms with Crippen molar-refractivity contribution in [3.63, 3.8) is 0 Å². The SMILES string of the molecule is CNC1CCN(C(C)Cc2ccc(OC)cc2)C1. The fraction of sp³-hybridized carbons (Fsp3) is 0.600. The molecule has 1 saturated heterocycles. The summed E-state index contributed by atoms with van der Waals surface area (Å²) in [5.74, 6) is 0.933. The average Bonchev–Trinajstić information content (AvgIpc) is 2.88. The summed E-state index contributed by atoms with van der Waals surface area (Å²) in [6.07, 6.45) is 2.38. The molecule has 1 heterocycles.